The Hall–Kier alpha value is -2.16. The number of aryl methyl sites for hydroxylation is 1. The number of rotatable bonds is 16. The highest BCUT2D eigenvalue weighted by atomic mass is 16.5. The minimum Gasteiger partial charge on any atom is -0.494 e. The second-order valence-electron chi connectivity index (χ2n) is 8.39. The van der Waals surface area contributed by atoms with Crippen LogP contribution in [0, 0.1) is 5.92 Å². The molecule has 0 fully saturated rings. The lowest BCUT2D eigenvalue weighted by Crippen LogP contribution is -1.97. The van der Waals surface area contributed by atoms with Crippen molar-refractivity contribution in [1.29, 1.82) is 0 Å². The maximum absolute atomic E-state index is 5.85. The Labute approximate surface area is 184 Å². The Morgan fingerprint density at radius 3 is 2.33 bits per heavy atom. The van der Waals surface area contributed by atoms with E-state index in [0.29, 0.717) is 0 Å². The predicted molar refractivity (Wildman–Crippen MR) is 128 cm³/mol. The molecule has 0 saturated heterocycles. The predicted octanol–water partition coefficient (Wildman–Crippen LogP) is 7.81. The number of benzene rings is 1. The fourth-order valence-corrected chi connectivity index (χ4v) is 3.47. The van der Waals surface area contributed by atoms with Crippen LogP contribution in [-0.2, 0) is 6.42 Å². The Morgan fingerprint density at radius 2 is 1.63 bits per heavy atom. The summed E-state index contributed by atoms with van der Waals surface area (Å²) in [6.45, 7) is 9.15. The molecule has 164 valence electrons. The summed E-state index contributed by atoms with van der Waals surface area (Å²) in [5.41, 5.74) is 2.27. The number of unbranched alkanes of at least 4 members (excludes halogenated alkanes) is 6. The van der Waals surface area contributed by atoms with Crippen molar-refractivity contribution in [2.24, 2.45) is 5.92 Å². The van der Waals surface area contributed by atoms with Gasteiger partial charge < -0.3 is 4.74 Å². The molecule has 0 radical (unpaired) electrons. The van der Waals surface area contributed by atoms with Crippen LogP contribution in [-0.4, -0.2) is 16.6 Å². The van der Waals surface area contributed by atoms with Crippen LogP contribution in [0.4, 0.5) is 0 Å². The fourth-order valence-electron chi connectivity index (χ4n) is 3.47. The standard InChI is InChI=1S/C27H40N2O/c1-4-6-7-8-9-13-20-30-26-18-16-25(17-19-26)27-28-21-24(22-29-27)15-12-10-11-14-23(3)5-2/h4,16-19,21-23H,1,5-15,20H2,2-3H3/t23-/m0/s1. The van der Waals surface area contributed by atoms with Gasteiger partial charge in [-0.05, 0) is 67.9 Å². The lowest BCUT2D eigenvalue weighted by Gasteiger charge is -2.08. The maximum Gasteiger partial charge on any atom is 0.159 e. The van der Waals surface area contributed by atoms with Gasteiger partial charge in [0, 0.05) is 18.0 Å². The lowest BCUT2D eigenvalue weighted by atomic mass is 10.00. The van der Waals surface area contributed by atoms with Crippen LogP contribution in [0.1, 0.15) is 83.6 Å². The number of allylic oxidation sites excluding steroid dienone is 1. The minimum atomic E-state index is 0.774. The summed E-state index contributed by atoms with van der Waals surface area (Å²) < 4.78 is 5.85. The second kappa shape index (κ2) is 14.8. The maximum atomic E-state index is 5.85. The first-order valence-corrected chi connectivity index (χ1v) is 11.9. The van der Waals surface area contributed by atoms with E-state index in [9.17, 15) is 0 Å². The number of hydrogen-bond donors (Lipinski definition) is 0. The van der Waals surface area contributed by atoms with Gasteiger partial charge in [-0.25, -0.2) is 9.97 Å². The van der Waals surface area contributed by atoms with Crippen molar-refractivity contribution in [2.45, 2.75) is 84.5 Å². The van der Waals surface area contributed by atoms with Crippen molar-refractivity contribution in [3.05, 3.63) is 54.9 Å². The highest BCUT2D eigenvalue weighted by Gasteiger charge is 2.04. The molecular weight excluding hydrogens is 368 g/mol. The summed E-state index contributed by atoms with van der Waals surface area (Å²) in [4.78, 5) is 9.14. The molecule has 0 aliphatic rings. The molecule has 2 rings (SSSR count). The first-order valence-electron chi connectivity index (χ1n) is 11.9. The summed E-state index contributed by atoms with van der Waals surface area (Å²) in [5.74, 6) is 2.56. The van der Waals surface area contributed by atoms with E-state index in [1.54, 1.807) is 0 Å². The number of hydrogen-bond acceptors (Lipinski definition) is 3. The van der Waals surface area contributed by atoms with Gasteiger partial charge in [0.25, 0.3) is 0 Å². The van der Waals surface area contributed by atoms with Gasteiger partial charge in [-0.2, -0.15) is 0 Å². The van der Waals surface area contributed by atoms with E-state index in [0.717, 1.165) is 48.9 Å². The fraction of sp³-hybridized carbons (Fsp3) is 0.556. The first kappa shape index (κ1) is 24.1. The van der Waals surface area contributed by atoms with Crippen molar-refractivity contribution in [3.8, 4) is 17.1 Å². The molecule has 1 heterocycles. The van der Waals surface area contributed by atoms with E-state index < -0.39 is 0 Å². The monoisotopic (exact) mass is 408 g/mol. The van der Waals surface area contributed by atoms with Gasteiger partial charge in [-0.15, -0.1) is 6.58 Å². The third-order valence-electron chi connectivity index (χ3n) is 5.75. The van der Waals surface area contributed by atoms with E-state index in [4.69, 9.17) is 4.74 Å². The van der Waals surface area contributed by atoms with E-state index >= 15 is 0 Å². The van der Waals surface area contributed by atoms with Crippen LogP contribution in [0.5, 0.6) is 5.75 Å². The van der Waals surface area contributed by atoms with Crippen LogP contribution in [0.3, 0.4) is 0 Å². The van der Waals surface area contributed by atoms with Crippen molar-refractivity contribution in [2.75, 3.05) is 6.61 Å². The quantitative estimate of drug-likeness (QED) is 0.210. The average molecular weight is 409 g/mol. The molecule has 3 heteroatoms. The molecule has 3 nitrogen and oxygen atoms in total. The molecule has 2 aromatic rings. The van der Waals surface area contributed by atoms with Gasteiger partial charge in [0.1, 0.15) is 5.75 Å². The van der Waals surface area contributed by atoms with E-state index in [-0.39, 0.29) is 0 Å². The topological polar surface area (TPSA) is 35.0 Å². The van der Waals surface area contributed by atoms with Crippen molar-refractivity contribution in [3.63, 3.8) is 0 Å². The zero-order valence-electron chi connectivity index (χ0n) is 19.1. The zero-order valence-corrected chi connectivity index (χ0v) is 19.1. The van der Waals surface area contributed by atoms with Crippen molar-refractivity contribution in [1.82, 2.24) is 9.97 Å². The molecule has 0 amide bonds. The molecule has 1 atom stereocenters. The van der Waals surface area contributed by atoms with E-state index in [1.165, 1.54) is 56.9 Å². The second-order valence-corrected chi connectivity index (χ2v) is 8.39. The smallest absolute Gasteiger partial charge is 0.159 e. The highest BCUT2D eigenvalue weighted by Crippen LogP contribution is 2.20. The molecule has 30 heavy (non-hydrogen) atoms. The third-order valence-corrected chi connectivity index (χ3v) is 5.75. The first-order chi connectivity index (χ1) is 14.7. The summed E-state index contributed by atoms with van der Waals surface area (Å²) in [7, 11) is 0. The SMILES string of the molecule is C=CCCCCCCOc1ccc(-c2ncc(CCCCC[C@@H](C)CC)cn2)cc1. The van der Waals surface area contributed by atoms with Gasteiger partial charge in [0.15, 0.2) is 5.82 Å². The minimum absolute atomic E-state index is 0.774. The molecule has 1 aromatic heterocycles. The van der Waals surface area contributed by atoms with Crippen molar-refractivity contribution >= 4 is 0 Å². The summed E-state index contributed by atoms with van der Waals surface area (Å²) >= 11 is 0. The molecule has 0 bridgehead atoms. The van der Waals surface area contributed by atoms with E-state index in [2.05, 4.69) is 30.4 Å². The van der Waals surface area contributed by atoms with Gasteiger partial charge in [0.05, 0.1) is 6.61 Å². The van der Waals surface area contributed by atoms with Crippen LogP contribution in [0.25, 0.3) is 11.4 Å². The molecule has 1 aromatic carbocycles. The van der Waals surface area contributed by atoms with Crippen LogP contribution >= 0.6 is 0 Å². The Morgan fingerprint density at radius 1 is 0.933 bits per heavy atom. The molecule has 0 aliphatic heterocycles. The molecule has 0 aliphatic carbocycles. The van der Waals surface area contributed by atoms with Gasteiger partial charge in [-0.3, -0.25) is 0 Å². The molecule has 0 unspecified atom stereocenters. The average Bonchev–Trinajstić information content (AvgIpc) is 2.79. The summed E-state index contributed by atoms with van der Waals surface area (Å²) in [6.07, 6.45) is 19.4. The van der Waals surface area contributed by atoms with Crippen LogP contribution in [0.2, 0.25) is 0 Å². The van der Waals surface area contributed by atoms with Gasteiger partial charge in [-0.1, -0.05) is 58.4 Å². The van der Waals surface area contributed by atoms with E-state index in [1.807, 2.05) is 42.7 Å². The van der Waals surface area contributed by atoms with Gasteiger partial charge in [0.2, 0.25) is 0 Å². The van der Waals surface area contributed by atoms with Crippen molar-refractivity contribution < 1.29 is 4.74 Å². The number of aromatic nitrogens is 2. The summed E-state index contributed by atoms with van der Waals surface area (Å²) in [5, 5.41) is 0. The summed E-state index contributed by atoms with van der Waals surface area (Å²) in [6, 6.07) is 8.12. The van der Waals surface area contributed by atoms with Crippen LogP contribution < -0.4 is 4.74 Å². The highest BCUT2D eigenvalue weighted by molar-refractivity contribution is 5.55. The molecule has 0 saturated carbocycles. The lowest BCUT2D eigenvalue weighted by molar-refractivity contribution is 0.305. The Kier molecular flexibility index (Phi) is 11.9. The zero-order chi connectivity index (χ0) is 21.4. The normalized spacial score (nSPS) is 11.9. The van der Waals surface area contributed by atoms with Crippen LogP contribution in [0.15, 0.2) is 49.3 Å². The number of nitrogens with zero attached hydrogens (tertiary/aromatic N) is 2. The number of ether oxygens (including phenoxy) is 1. The third kappa shape index (κ3) is 9.56. The molecular formula is C27H40N2O. The largest absolute Gasteiger partial charge is 0.494 e. The molecule has 0 N–H and O–H groups in total. The molecule has 0 spiro atoms. The Bertz CT molecular complexity index is 694. The Balaban J connectivity index is 1.68. The van der Waals surface area contributed by atoms with Gasteiger partial charge >= 0.3 is 0 Å².